The van der Waals surface area contributed by atoms with E-state index in [1.54, 1.807) is 20.8 Å². The van der Waals surface area contributed by atoms with Crippen molar-refractivity contribution < 1.29 is 36.3 Å². The van der Waals surface area contributed by atoms with Gasteiger partial charge in [-0.25, -0.2) is 17.2 Å². The number of nitrogens with one attached hydrogen (secondary N) is 1. The average Bonchev–Trinajstić information content (AvgIpc) is 2.96. The van der Waals surface area contributed by atoms with Crippen molar-refractivity contribution in [2.45, 2.75) is 50.7 Å². The molecule has 0 spiro atoms. The minimum atomic E-state index is -4.40. The summed E-state index contributed by atoms with van der Waals surface area (Å²) in [5.74, 6) is -1.52. The Morgan fingerprint density at radius 2 is 1.50 bits per heavy atom. The molecule has 0 saturated carbocycles. The molecule has 9 nitrogen and oxygen atoms in total. The number of amides is 2. The molecule has 1 aliphatic heterocycles. The molecule has 1 heterocycles. The summed E-state index contributed by atoms with van der Waals surface area (Å²) in [7, 11) is -4.40. The summed E-state index contributed by atoms with van der Waals surface area (Å²) in [4.78, 5) is 28.3. The zero-order chi connectivity index (χ0) is 30.4. The van der Waals surface area contributed by atoms with Crippen molar-refractivity contribution in [3.05, 3.63) is 83.9 Å². The van der Waals surface area contributed by atoms with Crippen LogP contribution < -0.4 is 19.1 Å². The molecule has 0 aliphatic carbocycles. The Morgan fingerprint density at radius 3 is 2.10 bits per heavy atom. The Morgan fingerprint density at radius 1 is 0.905 bits per heavy atom. The topological polar surface area (TPSA) is 105 Å². The average molecular weight is 602 g/mol. The van der Waals surface area contributed by atoms with Gasteiger partial charge in [0.15, 0.2) is 11.5 Å². The number of carbonyl (C=O) groups is 2. The van der Waals surface area contributed by atoms with E-state index in [1.807, 2.05) is 0 Å². The van der Waals surface area contributed by atoms with Crippen LogP contribution in [0.2, 0.25) is 0 Å². The van der Waals surface area contributed by atoms with E-state index in [0.717, 1.165) is 16.4 Å². The first kappa shape index (κ1) is 30.8. The number of hydrogen-bond donors (Lipinski definition) is 1. The Kier molecular flexibility index (Phi) is 9.66. The van der Waals surface area contributed by atoms with Gasteiger partial charge in [-0.1, -0.05) is 19.1 Å². The second-order valence-electron chi connectivity index (χ2n) is 10.0. The van der Waals surface area contributed by atoms with Crippen molar-refractivity contribution in [3.8, 4) is 11.5 Å². The van der Waals surface area contributed by atoms with Crippen LogP contribution in [0.3, 0.4) is 0 Å². The number of ether oxygens (including phenoxy) is 2. The number of fused-ring (bicyclic) bond motifs is 1. The van der Waals surface area contributed by atoms with Crippen molar-refractivity contribution in [1.29, 1.82) is 0 Å². The van der Waals surface area contributed by atoms with E-state index in [9.17, 15) is 26.8 Å². The van der Waals surface area contributed by atoms with Crippen molar-refractivity contribution in [3.63, 3.8) is 0 Å². The number of hydrogen-bond acceptors (Lipinski definition) is 6. The predicted molar refractivity (Wildman–Crippen MR) is 153 cm³/mol. The molecular formula is C30H33F2N3O6S. The number of sulfonamides is 1. The second kappa shape index (κ2) is 13.2. The van der Waals surface area contributed by atoms with Gasteiger partial charge in [-0.05, 0) is 74.4 Å². The minimum Gasteiger partial charge on any atom is -0.486 e. The molecule has 0 saturated heterocycles. The molecule has 0 bridgehead atoms. The zero-order valence-corrected chi connectivity index (χ0v) is 24.4. The summed E-state index contributed by atoms with van der Waals surface area (Å²) in [6, 6.07) is 13.1. The lowest BCUT2D eigenvalue weighted by Crippen LogP contribution is -2.53. The maximum absolute atomic E-state index is 14.0. The van der Waals surface area contributed by atoms with E-state index in [0.29, 0.717) is 17.9 Å². The lowest BCUT2D eigenvalue weighted by molar-refractivity contribution is -0.140. The maximum atomic E-state index is 14.0. The van der Waals surface area contributed by atoms with Gasteiger partial charge in [0.1, 0.15) is 37.4 Å². The lowest BCUT2D eigenvalue weighted by atomic mass is 10.1. The zero-order valence-electron chi connectivity index (χ0n) is 23.5. The molecule has 0 fully saturated rings. The summed E-state index contributed by atoms with van der Waals surface area (Å²) in [5.41, 5.74) is 0.588. The molecule has 3 aromatic carbocycles. The minimum absolute atomic E-state index is 0.0426. The molecular weight excluding hydrogens is 568 g/mol. The molecule has 224 valence electrons. The van der Waals surface area contributed by atoms with Gasteiger partial charge in [-0.15, -0.1) is 0 Å². The fourth-order valence-corrected chi connectivity index (χ4v) is 5.96. The van der Waals surface area contributed by atoms with Gasteiger partial charge in [0.25, 0.3) is 10.0 Å². The van der Waals surface area contributed by atoms with Crippen LogP contribution in [0.25, 0.3) is 0 Å². The summed E-state index contributed by atoms with van der Waals surface area (Å²) < 4.78 is 67.4. The molecule has 0 aromatic heterocycles. The summed E-state index contributed by atoms with van der Waals surface area (Å²) >= 11 is 0. The van der Waals surface area contributed by atoms with Crippen molar-refractivity contribution >= 4 is 27.5 Å². The number of rotatable bonds is 11. The summed E-state index contributed by atoms with van der Waals surface area (Å²) in [6.07, 6.45) is 0.233. The van der Waals surface area contributed by atoms with E-state index in [-0.39, 0.29) is 41.9 Å². The van der Waals surface area contributed by atoms with Crippen LogP contribution in [0.15, 0.2) is 71.6 Å². The SMILES string of the molecule is CC[C@H](C(=O)NC(C)C)N(Cc1ccc(F)cc1)C(=O)CN(c1ccc(F)cc1)S(=O)(=O)c1ccc2c(c1)OCCO2. The van der Waals surface area contributed by atoms with Gasteiger partial charge >= 0.3 is 0 Å². The van der Waals surface area contributed by atoms with Crippen LogP contribution in [-0.4, -0.2) is 57.0 Å². The largest absolute Gasteiger partial charge is 0.486 e. The Bertz CT molecular complexity index is 1510. The van der Waals surface area contributed by atoms with Gasteiger partial charge in [0.05, 0.1) is 10.6 Å². The first-order chi connectivity index (χ1) is 20.0. The fraction of sp³-hybridized carbons (Fsp3) is 0.333. The Balaban J connectivity index is 1.74. The molecule has 0 radical (unpaired) electrons. The van der Waals surface area contributed by atoms with Gasteiger partial charge < -0.3 is 19.7 Å². The lowest BCUT2D eigenvalue weighted by Gasteiger charge is -2.33. The number of anilines is 1. The fourth-order valence-electron chi connectivity index (χ4n) is 4.53. The molecule has 1 atom stereocenters. The summed E-state index contributed by atoms with van der Waals surface area (Å²) in [5, 5.41) is 2.81. The maximum Gasteiger partial charge on any atom is 0.264 e. The number of benzene rings is 3. The third-order valence-electron chi connectivity index (χ3n) is 6.58. The van der Waals surface area contributed by atoms with Crippen molar-refractivity contribution in [1.82, 2.24) is 10.2 Å². The number of nitrogens with zero attached hydrogens (tertiary/aromatic N) is 2. The molecule has 12 heteroatoms. The Labute approximate surface area is 244 Å². The van der Waals surface area contributed by atoms with Crippen molar-refractivity contribution in [2.24, 2.45) is 0 Å². The van der Waals surface area contributed by atoms with E-state index in [4.69, 9.17) is 9.47 Å². The van der Waals surface area contributed by atoms with E-state index in [2.05, 4.69) is 5.32 Å². The van der Waals surface area contributed by atoms with Gasteiger partial charge in [0.2, 0.25) is 11.8 Å². The molecule has 3 aromatic rings. The standard InChI is InChI=1S/C30H33F2N3O6S/c1-4-26(30(37)33-20(2)3)34(18-21-5-7-22(31)8-6-21)29(36)19-35(24-11-9-23(32)10-12-24)42(38,39)25-13-14-27-28(17-25)41-16-15-40-27/h5-14,17,20,26H,4,15-16,18-19H2,1-3H3,(H,33,37)/t26-/m1/s1. The van der Waals surface area contributed by atoms with Crippen LogP contribution >= 0.6 is 0 Å². The summed E-state index contributed by atoms with van der Waals surface area (Å²) in [6.45, 7) is 5.09. The van der Waals surface area contributed by atoms with Crippen LogP contribution in [0, 0.1) is 11.6 Å². The third-order valence-corrected chi connectivity index (χ3v) is 8.35. The first-order valence-corrected chi connectivity index (χ1v) is 15.0. The van der Waals surface area contributed by atoms with E-state index in [1.165, 1.54) is 59.5 Å². The molecule has 2 amide bonds. The molecule has 1 N–H and O–H groups in total. The second-order valence-corrected chi connectivity index (χ2v) is 11.9. The molecule has 1 aliphatic rings. The molecule has 4 rings (SSSR count). The number of halogens is 2. The quantitative estimate of drug-likeness (QED) is 0.352. The molecule has 0 unspecified atom stereocenters. The van der Waals surface area contributed by atoms with E-state index >= 15 is 0 Å². The van der Waals surface area contributed by atoms with Crippen LogP contribution in [0.4, 0.5) is 14.5 Å². The van der Waals surface area contributed by atoms with Gasteiger partial charge in [-0.2, -0.15) is 0 Å². The van der Waals surface area contributed by atoms with Crippen LogP contribution in [-0.2, 0) is 26.2 Å². The Hall–Kier alpha value is -4.19. The third kappa shape index (κ3) is 7.17. The first-order valence-electron chi connectivity index (χ1n) is 13.5. The predicted octanol–water partition coefficient (Wildman–Crippen LogP) is 4.26. The smallest absolute Gasteiger partial charge is 0.264 e. The normalized spacial score (nSPS) is 13.4. The van der Waals surface area contributed by atoms with Gasteiger partial charge in [0, 0.05) is 18.7 Å². The van der Waals surface area contributed by atoms with Crippen LogP contribution in [0.5, 0.6) is 11.5 Å². The molecule has 42 heavy (non-hydrogen) atoms. The highest BCUT2D eigenvalue weighted by molar-refractivity contribution is 7.92. The monoisotopic (exact) mass is 601 g/mol. The van der Waals surface area contributed by atoms with Gasteiger partial charge in [-0.3, -0.25) is 13.9 Å². The van der Waals surface area contributed by atoms with E-state index < -0.39 is 46.1 Å². The highest BCUT2D eigenvalue weighted by Gasteiger charge is 2.34. The number of carbonyl (C=O) groups excluding carboxylic acids is 2. The van der Waals surface area contributed by atoms with Crippen LogP contribution in [0.1, 0.15) is 32.8 Å². The highest BCUT2D eigenvalue weighted by atomic mass is 32.2. The van der Waals surface area contributed by atoms with Crippen molar-refractivity contribution in [2.75, 3.05) is 24.1 Å². The highest BCUT2D eigenvalue weighted by Crippen LogP contribution is 2.34.